The number of aromatic nitrogens is 1. The number of hydrogen-bond donors (Lipinski definition) is 1. The summed E-state index contributed by atoms with van der Waals surface area (Å²) < 4.78 is 5.07. The highest BCUT2D eigenvalue weighted by atomic mass is 35.5. The van der Waals surface area contributed by atoms with Crippen LogP contribution in [0.2, 0.25) is 5.02 Å². The van der Waals surface area contributed by atoms with Gasteiger partial charge in [0.1, 0.15) is 0 Å². The van der Waals surface area contributed by atoms with Gasteiger partial charge >= 0.3 is 5.97 Å². The third-order valence-electron chi connectivity index (χ3n) is 7.60. The summed E-state index contributed by atoms with van der Waals surface area (Å²) in [5, 5.41) is 4.46. The minimum atomic E-state index is -0.389. The second-order valence-corrected chi connectivity index (χ2v) is 9.92. The molecule has 3 fully saturated rings. The number of carbonyl (C=O) groups is 2. The Morgan fingerprint density at radius 2 is 1.67 bits per heavy atom. The van der Waals surface area contributed by atoms with Crippen molar-refractivity contribution in [1.82, 2.24) is 10.3 Å². The van der Waals surface area contributed by atoms with Crippen LogP contribution in [0.5, 0.6) is 0 Å². The van der Waals surface area contributed by atoms with Crippen LogP contribution < -0.4 is 5.32 Å². The van der Waals surface area contributed by atoms with Crippen LogP contribution in [0, 0.1) is 12.3 Å². The van der Waals surface area contributed by atoms with Crippen molar-refractivity contribution >= 4 is 34.4 Å². The topological polar surface area (TPSA) is 68.3 Å². The van der Waals surface area contributed by atoms with Crippen LogP contribution in [0.25, 0.3) is 22.2 Å². The molecule has 5 nitrogen and oxygen atoms in total. The Morgan fingerprint density at radius 1 is 1.00 bits per heavy atom. The van der Waals surface area contributed by atoms with Gasteiger partial charge < -0.3 is 10.1 Å². The van der Waals surface area contributed by atoms with Crippen LogP contribution in [0.3, 0.4) is 0 Å². The fraction of sp³-hybridized carbons (Fsp3) is 0.370. The van der Waals surface area contributed by atoms with Gasteiger partial charge in [-0.2, -0.15) is 0 Å². The second-order valence-electron chi connectivity index (χ2n) is 9.54. The van der Waals surface area contributed by atoms with Crippen LogP contribution in [0.1, 0.15) is 54.4 Å². The van der Waals surface area contributed by atoms with Gasteiger partial charge in [-0.25, -0.2) is 4.98 Å². The number of rotatable bonds is 4. The van der Waals surface area contributed by atoms with E-state index in [2.05, 4.69) is 5.32 Å². The molecule has 33 heavy (non-hydrogen) atoms. The maximum atomic E-state index is 13.8. The summed E-state index contributed by atoms with van der Waals surface area (Å²) in [4.78, 5) is 30.9. The zero-order valence-corrected chi connectivity index (χ0v) is 19.7. The zero-order valence-electron chi connectivity index (χ0n) is 18.9. The van der Waals surface area contributed by atoms with Gasteiger partial charge in [-0.3, -0.25) is 9.59 Å². The number of amides is 1. The zero-order chi connectivity index (χ0) is 23.2. The van der Waals surface area contributed by atoms with Crippen molar-refractivity contribution in [3.05, 3.63) is 64.7 Å². The number of halogens is 1. The van der Waals surface area contributed by atoms with E-state index in [1.165, 1.54) is 7.11 Å². The monoisotopic (exact) mass is 462 g/mol. The Balaban J connectivity index is 1.53. The largest absolute Gasteiger partial charge is 0.469 e. The van der Waals surface area contributed by atoms with Crippen LogP contribution >= 0.6 is 11.6 Å². The van der Waals surface area contributed by atoms with Crippen molar-refractivity contribution in [2.24, 2.45) is 5.41 Å². The highest BCUT2D eigenvalue weighted by Crippen LogP contribution is 2.53. The van der Waals surface area contributed by atoms with Crippen molar-refractivity contribution in [2.75, 3.05) is 7.11 Å². The number of benzene rings is 2. The summed E-state index contributed by atoms with van der Waals surface area (Å²) in [5.41, 5.74) is 3.02. The Morgan fingerprint density at radius 3 is 2.30 bits per heavy atom. The fourth-order valence-electron chi connectivity index (χ4n) is 5.56. The molecule has 3 aliphatic carbocycles. The highest BCUT2D eigenvalue weighted by Gasteiger charge is 2.53. The number of fused-ring (bicyclic) bond motifs is 4. The van der Waals surface area contributed by atoms with Gasteiger partial charge in [0, 0.05) is 16.5 Å². The Hall–Kier alpha value is -2.92. The lowest BCUT2D eigenvalue weighted by atomic mass is 9.57. The maximum absolute atomic E-state index is 13.8. The summed E-state index contributed by atoms with van der Waals surface area (Å²) in [7, 11) is 1.46. The van der Waals surface area contributed by atoms with E-state index >= 15 is 0 Å². The Labute approximate surface area is 198 Å². The molecule has 3 saturated carbocycles. The third kappa shape index (κ3) is 3.68. The van der Waals surface area contributed by atoms with Crippen LogP contribution in [-0.4, -0.2) is 29.5 Å². The number of ether oxygens (including phenoxy) is 1. The SMILES string of the molecule is COC(=O)C12CCC(NC(=O)c3c(Cl)c(-c4ccccc4)nc4ccc(C)cc34)(CC1)CC2. The first-order valence-corrected chi connectivity index (χ1v) is 11.8. The molecule has 0 aliphatic heterocycles. The van der Waals surface area contributed by atoms with E-state index in [1.807, 2.05) is 55.5 Å². The lowest BCUT2D eigenvalue weighted by molar-refractivity contribution is -0.160. The minimum Gasteiger partial charge on any atom is -0.469 e. The molecule has 3 aromatic rings. The lowest BCUT2D eigenvalue weighted by Crippen LogP contribution is -2.58. The minimum absolute atomic E-state index is 0.117. The molecule has 2 aromatic carbocycles. The lowest BCUT2D eigenvalue weighted by Gasteiger charge is -2.52. The average molecular weight is 463 g/mol. The van der Waals surface area contributed by atoms with E-state index < -0.39 is 0 Å². The van der Waals surface area contributed by atoms with Gasteiger partial charge in [0.2, 0.25) is 0 Å². The first kappa shape index (κ1) is 21.9. The van der Waals surface area contributed by atoms with Gasteiger partial charge in [0.15, 0.2) is 0 Å². The standard InChI is InChI=1S/C27H27ClN2O3/c1-17-8-9-20-19(16-17)21(22(28)23(29-20)18-6-4-3-5-7-18)24(31)30-27-13-10-26(11-14-27,12-15-27)25(32)33-2/h3-9,16H,10-15H2,1-2H3,(H,30,31). The number of esters is 1. The van der Waals surface area contributed by atoms with E-state index in [-0.39, 0.29) is 22.8 Å². The number of carbonyl (C=O) groups excluding carboxylic acids is 2. The molecule has 0 radical (unpaired) electrons. The predicted molar refractivity (Wildman–Crippen MR) is 129 cm³/mol. The first-order chi connectivity index (χ1) is 15.9. The van der Waals surface area contributed by atoms with E-state index in [0.29, 0.717) is 16.3 Å². The van der Waals surface area contributed by atoms with Crippen molar-refractivity contribution in [3.8, 4) is 11.3 Å². The van der Waals surface area contributed by atoms with Crippen molar-refractivity contribution in [1.29, 1.82) is 0 Å². The van der Waals surface area contributed by atoms with Gasteiger partial charge in [-0.15, -0.1) is 0 Å². The molecule has 1 amide bonds. The number of methoxy groups -OCH3 is 1. The fourth-order valence-corrected chi connectivity index (χ4v) is 5.90. The Bertz CT molecular complexity index is 1230. The van der Waals surface area contributed by atoms with E-state index in [9.17, 15) is 9.59 Å². The van der Waals surface area contributed by atoms with Crippen LogP contribution in [-0.2, 0) is 9.53 Å². The normalized spacial score (nSPS) is 24.0. The summed E-state index contributed by atoms with van der Waals surface area (Å²) >= 11 is 6.88. The van der Waals surface area contributed by atoms with Gasteiger partial charge in [0.05, 0.1) is 34.3 Å². The molecule has 1 N–H and O–H groups in total. The molecule has 0 saturated heterocycles. The van der Waals surface area contributed by atoms with Crippen LogP contribution in [0.15, 0.2) is 48.5 Å². The molecule has 3 aliphatic rings. The van der Waals surface area contributed by atoms with E-state index in [0.717, 1.165) is 60.6 Å². The second kappa shape index (κ2) is 8.14. The van der Waals surface area contributed by atoms with Crippen molar-refractivity contribution in [3.63, 3.8) is 0 Å². The van der Waals surface area contributed by atoms with Crippen molar-refractivity contribution < 1.29 is 14.3 Å². The average Bonchev–Trinajstić information content (AvgIpc) is 2.84. The van der Waals surface area contributed by atoms with Gasteiger partial charge in [-0.1, -0.05) is 53.6 Å². The molecule has 0 atom stereocenters. The van der Waals surface area contributed by atoms with Crippen LogP contribution in [0.4, 0.5) is 0 Å². The molecule has 6 rings (SSSR count). The first-order valence-electron chi connectivity index (χ1n) is 11.4. The molecule has 6 heteroatoms. The summed E-state index contributed by atoms with van der Waals surface area (Å²) in [6.07, 6.45) is 4.49. The van der Waals surface area contributed by atoms with Gasteiger partial charge in [0.25, 0.3) is 5.91 Å². The van der Waals surface area contributed by atoms with E-state index in [4.69, 9.17) is 21.3 Å². The molecule has 170 valence electrons. The number of pyridine rings is 1. The third-order valence-corrected chi connectivity index (χ3v) is 7.97. The molecule has 2 bridgehead atoms. The Kier molecular flexibility index (Phi) is 5.40. The smallest absolute Gasteiger partial charge is 0.311 e. The predicted octanol–water partition coefficient (Wildman–Crippen LogP) is 5.86. The molecular formula is C27H27ClN2O3. The summed E-state index contributed by atoms with van der Waals surface area (Å²) in [6, 6.07) is 15.6. The molecule has 0 unspecified atom stereocenters. The molecule has 1 aromatic heterocycles. The van der Waals surface area contributed by atoms with Gasteiger partial charge in [-0.05, 0) is 57.6 Å². The maximum Gasteiger partial charge on any atom is 0.311 e. The highest BCUT2D eigenvalue weighted by molar-refractivity contribution is 6.38. The number of hydrogen-bond acceptors (Lipinski definition) is 4. The van der Waals surface area contributed by atoms with E-state index in [1.54, 1.807) is 0 Å². The molecule has 0 spiro atoms. The molecule has 1 heterocycles. The molecular weight excluding hydrogens is 436 g/mol. The summed E-state index contributed by atoms with van der Waals surface area (Å²) in [5.74, 6) is -0.295. The number of nitrogens with one attached hydrogen (secondary N) is 1. The van der Waals surface area contributed by atoms with Crippen molar-refractivity contribution in [2.45, 2.75) is 51.0 Å². The summed E-state index contributed by atoms with van der Waals surface area (Å²) in [6.45, 7) is 1.99. The number of nitrogens with zero attached hydrogens (tertiary/aromatic N) is 1. The quantitative estimate of drug-likeness (QED) is 0.493. The number of aryl methyl sites for hydroxylation is 1.